The van der Waals surface area contributed by atoms with Crippen LogP contribution in [0.2, 0.25) is 0 Å². The van der Waals surface area contributed by atoms with Crippen molar-refractivity contribution in [1.82, 2.24) is 0 Å². The van der Waals surface area contributed by atoms with Crippen LogP contribution in [-0.4, -0.2) is 72.0 Å². The number of rotatable bonds is 13. The van der Waals surface area contributed by atoms with Crippen LogP contribution in [0.3, 0.4) is 0 Å². The van der Waals surface area contributed by atoms with Gasteiger partial charge in [-0.15, -0.1) is 0 Å². The first kappa shape index (κ1) is 24.0. The van der Waals surface area contributed by atoms with Gasteiger partial charge < -0.3 is 29.9 Å². The molecule has 8 heteroatoms. The van der Waals surface area contributed by atoms with Gasteiger partial charge in [0.1, 0.15) is 6.61 Å². The quantitative estimate of drug-likeness (QED) is 0.276. The van der Waals surface area contributed by atoms with Gasteiger partial charge >= 0.3 is 11.9 Å². The maximum atomic E-state index is 11.0. The van der Waals surface area contributed by atoms with E-state index in [4.69, 9.17) is 29.9 Å². The fourth-order valence-corrected chi connectivity index (χ4v) is 1.31. The maximum absolute atomic E-state index is 11.0. The molecular weight excluding hydrogens is 308 g/mol. The van der Waals surface area contributed by atoms with Crippen molar-refractivity contribution in [3.05, 3.63) is 0 Å². The minimum Gasteiger partial charge on any atom is -0.481 e. The molecule has 4 N–H and O–H groups in total. The molecule has 0 atom stereocenters. The van der Waals surface area contributed by atoms with Gasteiger partial charge in [0.15, 0.2) is 0 Å². The zero-order chi connectivity index (χ0) is 17.9. The van der Waals surface area contributed by atoms with Crippen LogP contribution in [0, 0.1) is 5.92 Å². The molecule has 0 saturated heterocycles. The third-order valence-electron chi connectivity index (χ3n) is 2.84. The predicted molar refractivity (Wildman–Crippen MR) is 82.9 cm³/mol. The lowest BCUT2D eigenvalue weighted by atomic mass is 10.1. The molecule has 0 aromatic carbocycles. The minimum absolute atomic E-state index is 0.0524. The molecule has 0 unspecified atom stereocenters. The van der Waals surface area contributed by atoms with Gasteiger partial charge in [0.2, 0.25) is 0 Å². The lowest BCUT2D eigenvalue weighted by Gasteiger charge is -2.04. The number of carboxylic acids is 1. The van der Waals surface area contributed by atoms with Gasteiger partial charge in [-0.25, -0.2) is 0 Å². The van der Waals surface area contributed by atoms with E-state index in [-0.39, 0.29) is 64.4 Å². The number of aliphatic carboxylic acids is 1. The Morgan fingerprint density at radius 1 is 0.957 bits per heavy atom. The van der Waals surface area contributed by atoms with E-state index in [1.54, 1.807) is 0 Å². The van der Waals surface area contributed by atoms with Crippen molar-refractivity contribution in [1.29, 1.82) is 0 Å². The number of aliphatic hydroxyl groups excluding tert-OH is 3. The number of carbonyl (C=O) groups excluding carboxylic acids is 1. The number of carbonyl (C=O) groups is 2. The molecule has 0 saturated carbocycles. The molecule has 0 aliphatic carbocycles. The molecule has 0 radical (unpaired) electrons. The van der Waals surface area contributed by atoms with E-state index >= 15 is 0 Å². The van der Waals surface area contributed by atoms with Crippen LogP contribution >= 0.6 is 0 Å². The second-order valence-electron chi connectivity index (χ2n) is 4.80. The Bertz CT molecular complexity index is 273. The first-order valence-electron chi connectivity index (χ1n) is 7.79. The molecule has 23 heavy (non-hydrogen) atoms. The van der Waals surface area contributed by atoms with Crippen LogP contribution in [0.25, 0.3) is 0 Å². The second kappa shape index (κ2) is 18.8. The average molecular weight is 338 g/mol. The lowest BCUT2D eigenvalue weighted by Crippen LogP contribution is -2.11. The number of hydrogen-bond acceptors (Lipinski definition) is 7. The molecule has 0 aromatic heterocycles. The Kier molecular flexibility index (Phi) is 19.7. The van der Waals surface area contributed by atoms with Gasteiger partial charge in [-0.05, 0) is 19.3 Å². The van der Waals surface area contributed by atoms with Crippen molar-refractivity contribution < 1.29 is 39.5 Å². The number of ether oxygens (including phenoxy) is 2. The van der Waals surface area contributed by atoms with Gasteiger partial charge in [0.05, 0.1) is 19.8 Å². The molecule has 8 nitrogen and oxygen atoms in total. The normalized spacial score (nSPS) is 10.1. The van der Waals surface area contributed by atoms with Crippen molar-refractivity contribution in [2.24, 2.45) is 5.92 Å². The van der Waals surface area contributed by atoms with Crippen LogP contribution in [0.5, 0.6) is 0 Å². The third-order valence-corrected chi connectivity index (χ3v) is 2.84. The van der Waals surface area contributed by atoms with Crippen molar-refractivity contribution in [3.63, 3.8) is 0 Å². The number of hydrogen-bond donors (Lipinski definition) is 4. The smallest absolute Gasteiger partial charge is 0.305 e. The Morgan fingerprint density at radius 3 is 2.00 bits per heavy atom. The summed E-state index contributed by atoms with van der Waals surface area (Å²) >= 11 is 0. The summed E-state index contributed by atoms with van der Waals surface area (Å²) in [7, 11) is 0. The molecule has 138 valence electrons. The molecule has 0 rings (SSSR count). The highest BCUT2D eigenvalue weighted by Crippen LogP contribution is 2.01. The predicted octanol–water partition coefficient (Wildman–Crippen LogP) is 0.181. The molecule has 0 heterocycles. The van der Waals surface area contributed by atoms with E-state index < -0.39 is 5.97 Å². The number of unbranched alkanes of at least 4 members (excludes halogenated alkanes) is 1. The fourth-order valence-electron chi connectivity index (χ4n) is 1.31. The number of esters is 1. The first-order valence-corrected chi connectivity index (χ1v) is 7.79. The summed E-state index contributed by atoms with van der Waals surface area (Å²) in [6.45, 7) is 2.76. The molecule has 0 amide bonds. The molecular formula is C15H30O8. The van der Waals surface area contributed by atoms with Crippen molar-refractivity contribution in [2.45, 2.75) is 39.0 Å². The van der Waals surface area contributed by atoms with E-state index in [9.17, 15) is 9.59 Å². The Morgan fingerprint density at radius 2 is 1.57 bits per heavy atom. The van der Waals surface area contributed by atoms with Gasteiger partial charge in [0, 0.05) is 32.0 Å². The highest BCUT2D eigenvalue weighted by molar-refractivity contribution is 5.69. The minimum atomic E-state index is -0.856. The summed E-state index contributed by atoms with van der Waals surface area (Å²) in [6, 6.07) is 0. The number of aliphatic hydroxyl groups is 3. The Hall–Kier alpha value is -1.22. The summed E-state index contributed by atoms with van der Waals surface area (Å²) < 4.78 is 9.69. The molecule has 0 aliphatic rings. The van der Waals surface area contributed by atoms with Gasteiger partial charge in [-0.2, -0.15) is 0 Å². The summed E-state index contributed by atoms with van der Waals surface area (Å²) in [6.07, 6.45) is 2.15. The standard InChI is InChI=1S/C10H18O6.C5H12O2/c11-5-6-15-7-8-16-10(14)4-2-1-3-9(12)13;1-2-5(3-6)4-7/h11H,1-8H2,(H,12,13);5-7H,2-4H2,1H3. The summed E-state index contributed by atoms with van der Waals surface area (Å²) in [5, 5.41) is 33.5. The molecule has 0 spiro atoms. The van der Waals surface area contributed by atoms with E-state index in [0.29, 0.717) is 12.8 Å². The number of carboxylic acid groups (broad SMARTS) is 1. The zero-order valence-electron chi connectivity index (χ0n) is 13.8. The summed E-state index contributed by atoms with van der Waals surface area (Å²) in [5.41, 5.74) is 0. The van der Waals surface area contributed by atoms with Gasteiger partial charge in [-0.3, -0.25) is 9.59 Å². The van der Waals surface area contributed by atoms with Gasteiger partial charge in [-0.1, -0.05) is 6.92 Å². The Labute approximate surface area is 137 Å². The van der Waals surface area contributed by atoms with Gasteiger partial charge in [0.25, 0.3) is 0 Å². The van der Waals surface area contributed by atoms with E-state index in [2.05, 4.69) is 0 Å². The molecule has 0 bridgehead atoms. The molecule has 0 fully saturated rings. The summed E-state index contributed by atoms with van der Waals surface area (Å²) in [4.78, 5) is 21.2. The SMILES string of the molecule is CCC(CO)CO.O=C(O)CCCCC(=O)OCCOCCO. The van der Waals surface area contributed by atoms with E-state index in [1.165, 1.54) is 0 Å². The third kappa shape index (κ3) is 20.8. The van der Waals surface area contributed by atoms with Crippen LogP contribution in [0.1, 0.15) is 39.0 Å². The van der Waals surface area contributed by atoms with E-state index in [0.717, 1.165) is 6.42 Å². The van der Waals surface area contributed by atoms with Crippen molar-refractivity contribution in [3.8, 4) is 0 Å². The Balaban J connectivity index is 0. The molecule has 0 aromatic rings. The summed E-state index contributed by atoms with van der Waals surface area (Å²) in [5.74, 6) is -1.11. The monoisotopic (exact) mass is 338 g/mol. The van der Waals surface area contributed by atoms with Crippen LogP contribution < -0.4 is 0 Å². The maximum Gasteiger partial charge on any atom is 0.305 e. The van der Waals surface area contributed by atoms with Crippen LogP contribution in [0.15, 0.2) is 0 Å². The fraction of sp³-hybridized carbons (Fsp3) is 0.867. The molecule has 0 aliphatic heterocycles. The van der Waals surface area contributed by atoms with Crippen molar-refractivity contribution in [2.75, 3.05) is 39.6 Å². The zero-order valence-corrected chi connectivity index (χ0v) is 13.8. The van der Waals surface area contributed by atoms with Crippen LogP contribution in [0.4, 0.5) is 0 Å². The average Bonchev–Trinajstić information content (AvgIpc) is 2.53. The van der Waals surface area contributed by atoms with Crippen molar-refractivity contribution >= 4 is 11.9 Å². The van der Waals surface area contributed by atoms with Crippen LogP contribution in [-0.2, 0) is 19.1 Å². The second-order valence-corrected chi connectivity index (χ2v) is 4.80. The lowest BCUT2D eigenvalue weighted by molar-refractivity contribution is -0.145. The highest BCUT2D eigenvalue weighted by Gasteiger charge is 2.03. The van der Waals surface area contributed by atoms with E-state index in [1.807, 2.05) is 6.92 Å². The highest BCUT2D eigenvalue weighted by atomic mass is 16.6. The largest absolute Gasteiger partial charge is 0.481 e. The first-order chi connectivity index (χ1) is 11.0. The topological polar surface area (TPSA) is 134 Å².